The maximum Gasteiger partial charge on any atom is 0.0931 e. The number of nitrogens with zero attached hydrogens (tertiary/aromatic N) is 2. The normalized spacial score (nSPS) is 28.3. The third kappa shape index (κ3) is 4.18. The van der Waals surface area contributed by atoms with Crippen LogP contribution in [0.1, 0.15) is 4.88 Å². The van der Waals surface area contributed by atoms with E-state index in [1.807, 2.05) is 6.07 Å². The average molecular weight is 331 g/mol. The number of aliphatic hydroxyl groups is 1. The lowest BCUT2D eigenvalue weighted by atomic mass is 9.96. The summed E-state index contributed by atoms with van der Waals surface area (Å²) in [5.41, 5.74) is 0. The third-order valence-corrected chi connectivity index (χ3v) is 5.71. The van der Waals surface area contributed by atoms with E-state index >= 15 is 0 Å². The van der Waals surface area contributed by atoms with Crippen molar-refractivity contribution in [3.05, 3.63) is 21.3 Å². The second-order valence-electron chi connectivity index (χ2n) is 6.02. The van der Waals surface area contributed by atoms with Crippen LogP contribution < -0.4 is 0 Å². The molecule has 0 saturated carbocycles. The van der Waals surface area contributed by atoms with Crippen LogP contribution in [0.5, 0.6) is 0 Å². The molecular formula is C15H23ClN2O2S. The lowest BCUT2D eigenvalue weighted by Gasteiger charge is -2.30. The Kier molecular flexibility index (Phi) is 5.54. The SMILES string of the molecule is OC[C@H]1CN(Cc2ccc(Cl)s2)C[C@H]1CN1CCOCC1. The topological polar surface area (TPSA) is 35.9 Å². The smallest absolute Gasteiger partial charge is 0.0931 e. The van der Waals surface area contributed by atoms with Crippen LogP contribution in [-0.2, 0) is 11.3 Å². The standard InChI is InChI=1S/C15H23ClN2O2S/c16-15-2-1-14(21-15)10-18-8-12(13(9-18)11-19)7-17-3-5-20-6-4-17/h1-2,12-13,19H,3-11H2/t12-,13-/m1/s1. The van der Waals surface area contributed by atoms with Gasteiger partial charge in [-0.05, 0) is 24.0 Å². The number of hydrogen-bond donors (Lipinski definition) is 1. The van der Waals surface area contributed by atoms with Crippen molar-refractivity contribution in [3.8, 4) is 0 Å². The number of rotatable bonds is 5. The second-order valence-corrected chi connectivity index (χ2v) is 7.82. The molecule has 2 saturated heterocycles. The zero-order valence-electron chi connectivity index (χ0n) is 12.2. The summed E-state index contributed by atoms with van der Waals surface area (Å²) in [6, 6.07) is 4.07. The van der Waals surface area contributed by atoms with Crippen molar-refractivity contribution in [1.29, 1.82) is 0 Å². The maximum atomic E-state index is 9.67. The third-order valence-electron chi connectivity index (χ3n) is 4.49. The highest BCUT2D eigenvalue weighted by molar-refractivity contribution is 7.16. The summed E-state index contributed by atoms with van der Waals surface area (Å²) in [5, 5.41) is 9.67. The predicted octanol–water partition coefficient (Wildman–Crippen LogP) is 1.77. The minimum atomic E-state index is 0.288. The highest BCUT2D eigenvalue weighted by Crippen LogP contribution is 2.28. The number of hydrogen-bond acceptors (Lipinski definition) is 5. The Morgan fingerprint density at radius 1 is 1.19 bits per heavy atom. The van der Waals surface area contributed by atoms with Gasteiger partial charge in [-0.2, -0.15) is 0 Å². The van der Waals surface area contributed by atoms with Crippen molar-refractivity contribution < 1.29 is 9.84 Å². The van der Waals surface area contributed by atoms with Gasteiger partial charge in [-0.3, -0.25) is 9.80 Å². The van der Waals surface area contributed by atoms with Crippen molar-refractivity contribution in [1.82, 2.24) is 9.80 Å². The van der Waals surface area contributed by atoms with Gasteiger partial charge >= 0.3 is 0 Å². The Labute approximate surface area is 135 Å². The van der Waals surface area contributed by atoms with Gasteiger partial charge < -0.3 is 9.84 Å². The van der Waals surface area contributed by atoms with Gasteiger partial charge in [-0.25, -0.2) is 0 Å². The van der Waals surface area contributed by atoms with Crippen molar-refractivity contribution in [3.63, 3.8) is 0 Å². The van der Waals surface area contributed by atoms with E-state index in [2.05, 4.69) is 15.9 Å². The lowest BCUT2D eigenvalue weighted by Crippen LogP contribution is -2.41. The molecule has 21 heavy (non-hydrogen) atoms. The van der Waals surface area contributed by atoms with E-state index in [4.69, 9.17) is 16.3 Å². The van der Waals surface area contributed by atoms with Crippen LogP contribution in [0.3, 0.4) is 0 Å². The highest BCUT2D eigenvalue weighted by Gasteiger charge is 2.33. The summed E-state index contributed by atoms with van der Waals surface area (Å²) in [7, 11) is 0. The maximum absolute atomic E-state index is 9.67. The Hall–Kier alpha value is -0.170. The predicted molar refractivity (Wildman–Crippen MR) is 85.9 cm³/mol. The minimum absolute atomic E-state index is 0.288. The van der Waals surface area contributed by atoms with Crippen LogP contribution in [0.15, 0.2) is 12.1 Å². The van der Waals surface area contributed by atoms with E-state index in [0.29, 0.717) is 11.8 Å². The van der Waals surface area contributed by atoms with Crippen molar-refractivity contribution in [2.75, 3.05) is 52.5 Å². The van der Waals surface area contributed by atoms with E-state index in [-0.39, 0.29) is 6.61 Å². The second kappa shape index (κ2) is 7.40. The molecule has 6 heteroatoms. The fourth-order valence-electron chi connectivity index (χ4n) is 3.35. The van der Waals surface area contributed by atoms with Crippen LogP contribution in [0, 0.1) is 11.8 Å². The van der Waals surface area contributed by atoms with Crippen LogP contribution >= 0.6 is 22.9 Å². The Morgan fingerprint density at radius 3 is 2.62 bits per heavy atom. The van der Waals surface area contributed by atoms with Gasteiger partial charge in [-0.15, -0.1) is 11.3 Å². The number of thiophene rings is 1. The summed E-state index contributed by atoms with van der Waals surface area (Å²) in [4.78, 5) is 6.24. The van der Waals surface area contributed by atoms with E-state index < -0.39 is 0 Å². The van der Waals surface area contributed by atoms with E-state index in [0.717, 1.165) is 56.8 Å². The Bertz CT molecular complexity index is 451. The summed E-state index contributed by atoms with van der Waals surface area (Å²) >= 11 is 7.66. The van der Waals surface area contributed by atoms with E-state index in [9.17, 15) is 5.11 Å². The summed E-state index contributed by atoms with van der Waals surface area (Å²) < 4.78 is 6.26. The highest BCUT2D eigenvalue weighted by atomic mass is 35.5. The Morgan fingerprint density at radius 2 is 1.95 bits per heavy atom. The number of likely N-dealkylation sites (tertiary alicyclic amines) is 1. The molecule has 0 aromatic carbocycles. The summed E-state index contributed by atoms with van der Waals surface area (Å²) in [5.74, 6) is 0.951. The molecular weight excluding hydrogens is 308 g/mol. The van der Waals surface area contributed by atoms with Gasteiger partial charge in [0.25, 0.3) is 0 Å². The summed E-state index contributed by atoms with van der Waals surface area (Å²) in [6.07, 6.45) is 0. The van der Waals surface area contributed by atoms with Crippen LogP contribution in [0.25, 0.3) is 0 Å². The molecule has 2 fully saturated rings. The molecule has 4 nitrogen and oxygen atoms in total. The molecule has 3 rings (SSSR count). The molecule has 2 atom stereocenters. The molecule has 118 valence electrons. The van der Waals surface area contributed by atoms with E-state index in [1.165, 1.54) is 4.88 Å². The van der Waals surface area contributed by atoms with Crippen LogP contribution in [-0.4, -0.2) is 67.5 Å². The summed E-state index contributed by atoms with van der Waals surface area (Å²) in [6.45, 7) is 8.10. The first-order valence-electron chi connectivity index (χ1n) is 7.62. The largest absolute Gasteiger partial charge is 0.396 e. The van der Waals surface area contributed by atoms with Gasteiger partial charge in [0.15, 0.2) is 0 Å². The first-order chi connectivity index (χ1) is 10.2. The van der Waals surface area contributed by atoms with Crippen molar-refractivity contribution in [2.45, 2.75) is 6.54 Å². The number of aliphatic hydroxyl groups excluding tert-OH is 1. The van der Waals surface area contributed by atoms with Gasteiger partial charge in [0.2, 0.25) is 0 Å². The van der Waals surface area contributed by atoms with Crippen LogP contribution in [0.2, 0.25) is 4.34 Å². The molecule has 0 unspecified atom stereocenters. The molecule has 2 aliphatic heterocycles. The first kappa shape index (κ1) is 15.7. The van der Waals surface area contributed by atoms with Gasteiger partial charge in [0.05, 0.1) is 17.6 Å². The molecule has 3 heterocycles. The number of morpholine rings is 1. The van der Waals surface area contributed by atoms with Crippen molar-refractivity contribution in [2.24, 2.45) is 11.8 Å². The van der Waals surface area contributed by atoms with Crippen molar-refractivity contribution >= 4 is 22.9 Å². The molecule has 0 radical (unpaired) electrons. The zero-order valence-corrected chi connectivity index (χ0v) is 13.8. The monoisotopic (exact) mass is 330 g/mol. The zero-order chi connectivity index (χ0) is 14.7. The molecule has 1 aromatic rings. The fraction of sp³-hybridized carbons (Fsp3) is 0.733. The number of halogens is 1. The Balaban J connectivity index is 1.54. The first-order valence-corrected chi connectivity index (χ1v) is 8.81. The molecule has 0 amide bonds. The molecule has 1 N–H and O–H groups in total. The lowest BCUT2D eigenvalue weighted by molar-refractivity contribution is 0.0264. The molecule has 0 aliphatic carbocycles. The average Bonchev–Trinajstić information content (AvgIpc) is 3.06. The number of ether oxygens (including phenoxy) is 1. The van der Waals surface area contributed by atoms with Crippen LogP contribution in [0.4, 0.5) is 0 Å². The van der Waals surface area contributed by atoms with E-state index in [1.54, 1.807) is 11.3 Å². The fourth-order valence-corrected chi connectivity index (χ4v) is 4.48. The quantitative estimate of drug-likeness (QED) is 0.892. The van der Waals surface area contributed by atoms with Gasteiger partial charge in [-0.1, -0.05) is 11.6 Å². The minimum Gasteiger partial charge on any atom is -0.396 e. The molecule has 1 aromatic heterocycles. The molecule has 2 aliphatic rings. The molecule has 0 spiro atoms. The van der Waals surface area contributed by atoms with Gasteiger partial charge in [0, 0.05) is 50.8 Å². The van der Waals surface area contributed by atoms with Gasteiger partial charge in [0.1, 0.15) is 0 Å². The molecule has 0 bridgehead atoms.